The molecule has 0 radical (unpaired) electrons. The number of nitrogens with two attached hydrogens (primary N) is 1. The van der Waals surface area contributed by atoms with E-state index in [1.165, 1.54) is 6.33 Å². The molecule has 0 atom stereocenters. The van der Waals surface area contributed by atoms with Crippen molar-refractivity contribution < 1.29 is 4.79 Å². The first-order valence-electron chi connectivity index (χ1n) is 9.86. The molecule has 2 N–H and O–H groups in total. The maximum absolute atomic E-state index is 12.4. The minimum absolute atomic E-state index is 0.187. The molecule has 0 unspecified atom stereocenters. The van der Waals surface area contributed by atoms with E-state index in [1.54, 1.807) is 12.4 Å². The highest BCUT2D eigenvalue weighted by molar-refractivity contribution is 5.97. The number of rotatable bonds is 4. The van der Waals surface area contributed by atoms with Gasteiger partial charge in [-0.2, -0.15) is 0 Å². The lowest BCUT2D eigenvalue weighted by Crippen LogP contribution is -2.00. The van der Waals surface area contributed by atoms with Gasteiger partial charge in [0.25, 0.3) is 0 Å². The Kier molecular flexibility index (Phi) is 4.49. The van der Waals surface area contributed by atoms with Crippen LogP contribution in [-0.4, -0.2) is 25.3 Å². The molecule has 1 fully saturated rings. The molecule has 3 aromatic heterocycles. The van der Waals surface area contributed by atoms with Gasteiger partial charge in [0, 0.05) is 29.9 Å². The van der Waals surface area contributed by atoms with Crippen LogP contribution < -0.4 is 5.73 Å². The highest BCUT2D eigenvalue weighted by atomic mass is 16.1. The Balaban J connectivity index is 1.54. The molecule has 1 aliphatic carbocycles. The highest BCUT2D eigenvalue weighted by Gasteiger charge is 2.24. The second-order valence-corrected chi connectivity index (χ2v) is 7.48. The van der Waals surface area contributed by atoms with Crippen molar-refractivity contribution in [3.63, 3.8) is 0 Å². The fraction of sp³-hybridized carbons (Fsp3) is 0.167. The van der Waals surface area contributed by atoms with Crippen LogP contribution in [0.1, 0.15) is 40.7 Å². The lowest BCUT2D eigenvalue weighted by Gasteiger charge is -2.03. The topological polar surface area (TPSA) is 86.7 Å². The third-order valence-corrected chi connectivity index (χ3v) is 5.23. The predicted octanol–water partition coefficient (Wildman–Crippen LogP) is 3.78. The highest BCUT2D eigenvalue weighted by Crippen LogP contribution is 2.33. The van der Waals surface area contributed by atoms with Crippen molar-refractivity contribution in [1.82, 2.24) is 19.5 Å². The molecule has 1 aromatic carbocycles. The largest absolute Gasteiger partial charge is 0.383 e. The van der Waals surface area contributed by atoms with E-state index >= 15 is 0 Å². The van der Waals surface area contributed by atoms with Crippen LogP contribution in [0.2, 0.25) is 0 Å². The van der Waals surface area contributed by atoms with E-state index in [1.807, 2.05) is 47.2 Å². The van der Waals surface area contributed by atoms with Crippen molar-refractivity contribution in [2.45, 2.75) is 19.3 Å². The summed E-state index contributed by atoms with van der Waals surface area (Å²) in [7, 11) is 0. The summed E-state index contributed by atoms with van der Waals surface area (Å²) in [5.74, 6) is 7.48. The maximum atomic E-state index is 12.4. The molecule has 0 saturated heterocycles. The number of hydrogen-bond acceptors (Lipinski definition) is 5. The Bertz CT molecular complexity index is 1310. The molecule has 0 spiro atoms. The Hall–Kier alpha value is -3.98. The van der Waals surface area contributed by atoms with Crippen molar-refractivity contribution in [2.24, 2.45) is 5.92 Å². The first-order chi connectivity index (χ1) is 14.7. The number of anilines is 1. The van der Waals surface area contributed by atoms with E-state index in [2.05, 4.69) is 26.8 Å². The Labute approximate surface area is 173 Å². The lowest BCUT2D eigenvalue weighted by atomic mass is 10.0. The van der Waals surface area contributed by atoms with Crippen molar-refractivity contribution in [3.8, 4) is 17.5 Å². The molecule has 6 nitrogen and oxygen atoms in total. The Morgan fingerprint density at radius 2 is 2.07 bits per heavy atom. The summed E-state index contributed by atoms with van der Waals surface area (Å²) < 4.78 is 1.90. The van der Waals surface area contributed by atoms with Gasteiger partial charge in [-0.3, -0.25) is 14.3 Å². The molecule has 1 saturated carbocycles. The zero-order chi connectivity index (χ0) is 20.5. The number of ketones is 1. The van der Waals surface area contributed by atoms with E-state index in [0.29, 0.717) is 34.8 Å². The second-order valence-electron chi connectivity index (χ2n) is 7.48. The number of nitrogen functional groups attached to an aromatic ring is 1. The predicted molar refractivity (Wildman–Crippen MR) is 115 cm³/mol. The van der Waals surface area contributed by atoms with Gasteiger partial charge in [-0.1, -0.05) is 24.0 Å². The van der Waals surface area contributed by atoms with Gasteiger partial charge in [-0.25, -0.2) is 9.97 Å². The van der Waals surface area contributed by atoms with Gasteiger partial charge >= 0.3 is 0 Å². The second kappa shape index (κ2) is 7.45. The van der Waals surface area contributed by atoms with E-state index in [-0.39, 0.29) is 5.78 Å². The van der Waals surface area contributed by atoms with Crippen LogP contribution in [-0.2, 0) is 0 Å². The number of carbonyl (C=O) groups is 1. The zero-order valence-electron chi connectivity index (χ0n) is 16.2. The van der Waals surface area contributed by atoms with E-state index in [9.17, 15) is 4.79 Å². The van der Waals surface area contributed by atoms with Crippen molar-refractivity contribution in [1.29, 1.82) is 0 Å². The quantitative estimate of drug-likeness (QED) is 0.421. The summed E-state index contributed by atoms with van der Waals surface area (Å²) >= 11 is 0. The average Bonchev–Trinajstić information content (AvgIpc) is 3.51. The minimum Gasteiger partial charge on any atom is -0.383 e. The van der Waals surface area contributed by atoms with Crippen LogP contribution in [0, 0.1) is 17.8 Å². The summed E-state index contributed by atoms with van der Waals surface area (Å²) in [5, 5.41) is 0.704. The standard InChI is InChI=1S/C24H19N5O/c25-23-22-19(14-29(24(22)28-15-27-23)20-5-2-10-26-13-20)9-8-16-3-1-4-18(11-16)21(30)12-17-6-7-17/h1-5,10-11,13-15,17H,6-7,12H2,(H2,25,27,28). The fourth-order valence-corrected chi connectivity index (χ4v) is 3.49. The summed E-state index contributed by atoms with van der Waals surface area (Å²) in [6.45, 7) is 0. The van der Waals surface area contributed by atoms with Crippen molar-refractivity contribution in [2.75, 3.05) is 5.73 Å². The molecule has 146 valence electrons. The minimum atomic E-state index is 0.187. The first-order valence-corrected chi connectivity index (χ1v) is 9.86. The van der Waals surface area contributed by atoms with Crippen LogP contribution >= 0.6 is 0 Å². The molecule has 1 aliphatic rings. The SMILES string of the molecule is Nc1ncnc2c1c(C#Cc1cccc(C(=O)CC3CC3)c1)cn2-c1cccnc1. The molecular weight excluding hydrogens is 374 g/mol. The molecule has 0 aliphatic heterocycles. The van der Waals surface area contributed by atoms with E-state index < -0.39 is 0 Å². The maximum Gasteiger partial charge on any atom is 0.163 e. The van der Waals surface area contributed by atoms with Crippen molar-refractivity contribution >= 4 is 22.6 Å². The molecule has 30 heavy (non-hydrogen) atoms. The first kappa shape index (κ1) is 18.1. The lowest BCUT2D eigenvalue weighted by molar-refractivity contribution is 0.0976. The fourth-order valence-electron chi connectivity index (χ4n) is 3.49. The number of carbonyl (C=O) groups excluding carboxylic acids is 1. The number of Topliss-reactive ketones (excluding diaryl/α,β-unsaturated/α-hetero) is 1. The molecule has 0 amide bonds. The van der Waals surface area contributed by atoms with Gasteiger partial charge in [0.05, 0.1) is 22.8 Å². The monoisotopic (exact) mass is 393 g/mol. The number of hydrogen-bond donors (Lipinski definition) is 1. The third kappa shape index (κ3) is 3.53. The summed E-state index contributed by atoms with van der Waals surface area (Å²) in [5.41, 5.74) is 9.90. The number of pyridine rings is 1. The summed E-state index contributed by atoms with van der Waals surface area (Å²) in [4.78, 5) is 25.1. The Morgan fingerprint density at radius 1 is 1.17 bits per heavy atom. The van der Waals surface area contributed by atoms with Gasteiger partial charge in [0.1, 0.15) is 12.1 Å². The number of fused-ring (bicyclic) bond motifs is 1. The molecule has 3 heterocycles. The van der Waals surface area contributed by atoms with E-state index in [0.717, 1.165) is 29.7 Å². The smallest absolute Gasteiger partial charge is 0.163 e. The van der Waals surface area contributed by atoms with Crippen molar-refractivity contribution in [3.05, 3.63) is 78.0 Å². The van der Waals surface area contributed by atoms with Gasteiger partial charge in [0.15, 0.2) is 11.4 Å². The number of aromatic nitrogens is 4. The van der Waals surface area contributed by atoms with Crippen LogP contribution in [0.4, 0.5) is 5.82 Å². The van der Waals surface area contributed by atoms with Gasteiger partial charge in [-0.05, 0) is 43.0 Å². The molecule has 6 heteroatoms. The average molecular weight is 393 g/mol. The molecule has 5 rings (SSSR count). The summed E-state index contributed by atoms with van der Waals surface area (Å²) in [6.07, 6.45) is 9.76. The zero-order valence-corrected chi connectivity index (χ0v) is 16.2. The third-order valence-electron chi connectivity index (χ3n) is 5.23. The number of benzene rings is 1. The molecule has 0 bridgehead atoms. The summed E-state index contributed by atoms with van der Waals surface area (Å²) in [6, 6.07) is 11.3. The van der Waals surface area contributed by atoms with Gasteiger partial charge in [-0.15, -0.1) is 0 Å². The van der Waals surface area contributed by atoms with Gasteiger partial charge in [0.2, 0.25) is 0 Å². The van der Waals surface area contributed by atoms with Crippen LogP contribution in [0.25, 0.3) is 16.7 Å². The van der Waals surface area contributed by atoms with Crippen LogP contribution in [0.15, 0.2) is 61.3 Å². The molecule has 4 aromatic rings. The molecular formula is C24H19N5O. The van der Waals surface area contributed by atoms with Crippen LogP contribution in [0.3, 0.4) is 0 Å². The van der Waals surface area contributed by atoms with E-state index in [4.69, 9.17) is 5.73 Å². The van der Waals surface area contributed by atoms with Crippen LogP contribution in [0.5, 0.6) is 0 Å². The normalized spacial score (nSPS) is 13.1. The Morgan fingerprint density at radius 3 is 2.87 bits per heavy atom. The number of nitrogens with zero attached hydrogens (tertiary/aromatic N) is 4. The van der Waals surface area contributed by atoms with Gasteiger partial charge < -0.3 is 5.73 Å².